The quantitative estimate of drug-likeness (QED) is 0.410. The molecule has 1 unspecified atom stereocenters. The Hall–Kier alpha value is -3.95. The van der Waals surface area contributed by atoms with E-state index in [1.807, 2.05) is 24.3 Å². The van der Waals surface area contributed by atoms with E-state index >= 15 is 4.39 Å². The van der Waals surface area contributed by atoms with Crippen molar-refractivity contribution < 1.29 is 23.6 Å². The van der Waals surface area contributed by atoms with Crippen molar-refractivity contribution in [3.63, 3.8) is 0 Å². The Labute approximate surface area is 245 Å². The van der Waals surface area contributed by atoms with Crippen molar-refractivity contribution in [3.05, 3.63) is 104 Å². The van der Waals surface area contributed by atoms with Gasteiger partial charge in [0.2, 0.25) is 11.8 Å². The van der Waals surface area contributed by atoms with Crippen LogP contribution in [-0.4, -0.2) is 57.6 Å². The van der Waals surface area contributed by atoms with Crippen LogP contribution in [0.2, 0.25) is 10.0 Å². The molecule has 3 aliphatic heterocycles. The second kappa shape index (κ2) is 10.8. The second-order valence-electron chi connectivity index (χ2n) is 10.4. The van der Waals surface area contributed by atoms with Crippen molar-refractivity contribution in [1.29, 1.82) is 0 Å². The summed E-state index contributed by atoms with van der Waals surface area (Å²) in [6, 6.07) is 16.0. The number of amides is 5. The molecular weight excluding hydrogens is 570 g/mol. The summed E-state index contributed by atoms with van der Waals surface area (Å²) in [5.41, 5.74) is 2.81. The standard InChI is InChI=1S/C30H25Cl2FN4O4/c31-21-5-1-17(2-6-21)27(18-3-7-22(32)8-4-18)36-12-11-35(30(36)41)15-20-13-19-16-37(29(40)23(19)14-24(20)33)25-9-10-26(38)34-28(25)39/h1-8,13-14,25,27H,9-12,15-16H2,(H,34,38,39). The van der Waals surface area contributed by atoms with Gasteiger partial charge in [0, 0.05) is 47.2 Å². The second-order valence-corrected chi connectivity index (χ2v) is 11.3. The number of urea groups is 1. The largest absolute Gasteiger partial charge is 0.322 e. The maximum absolute atomic E-state index is 15.3. The lowest BCUT2D eigenvalue weighted by Crippen LogP contribution is -2.52. The molecule has 0 bridgehead atoms. The SMILES string of the molecule is O=C1CCC(N2Cc3cc(CN4CCN(C(c5ccc(Cl)cc5)c5ccc(Cl)cc5)C4=O)c(F)cc3C2=O)C(=O)N1. The number of rotatable bonds is 6. The molecule has 8 nitrogen and oxygen atoms in total. The van der Waals surface area contributed by atoms with E-state index in [1.54, 1.807) is 40.1 Å². The van der Waals surface area contributed by atoms with Gasteiger partial charge in [0.15, 0.2) is 0 Å². The van der Waals surface area contributed by atoms with Crippen LogP contribution in [0.15, 0.2) is 60.7 Å². The molecule has 41 heavy (non-hydrogen) atoms. The molecule has 11 heteroatoms. The number of fused-ring (bicyclic) bond motifs is 1. The molecule has 6 rings (SSSR count). The summed E-state index contributed by atoms with van der Waals surface area (Å²) in [7, 11) is 0. The Bertz CT molecular complexity index is 1520. The predicted octanol–water partition coefficient (Wildman–Crippen LogP) is 4.92. The number of imide groups is 1. The zero-order valence-corrected chi connectivity index (χ0v) is 23.3. The molecule has 3 aromatic carbocycles. The number of halogens is 3. The first-order chi connectivity index (χ1) is 19.7. The van der Waals surface area contributed by atoms with Gasteiger partial charge in [-0.25, -0.2) is 9.18 Å². The summed E-state index contributed by atoms with van der Waals surface area (Å²) in [5.74, 6) is -1.94. The van der Waals surface area contributed by atoms with Gasteiger partial charge in [-0.2, -0.15) is 0 Å². The van der Waals surface area contributed by atoms with Crippen molar-refractivity contribution in [2.45, 2.75) is 38.0 Å². The Kier molecular flexibility index (Phi) is 7.17. The summed E-state index contributed by atoms with van der Waals surface area (Å²) in [4.78, 5) is 55.3. The average molecular weight is 595 g/mol. The Morgan fingerprint density at radius 1 is 0.902 bits per heavy atom. The smallest absolute Gasteiger partial charge is 0.321 e. The third-order valence-electron chi connectivity index (χ3n) is 7.86. The van der Waals surface area contributed by atoms with Crippen LogP contribution < -0.4 is 5.32 Å². The first kappa shape index (κ1) is 27.2. The summed E-state index contributed by atoms with van der Waals surface area (Å²) in [6.07, 6.45) is 0.358. The Balaban J connectivity index is 1.23. The van der Waals surface area contributed by atoms with Gasteiger partial charge in [-0.15, -0.1) is 0 Å². The highest BCUT2D eigenvalue weighted by Gasteiger charge is 2.40. The van der Waals surface area contributed by atoms with Gasteiger partial charge in [-0.1, -0.05) is 47.5 Å². The minimum atomic E-state index is -0.787. The van der Waals surface area contributed by atoms with E-state index in [2.05, 4.69) is 5.32 Å². The zero-order valence-electron chi connectivity index (χ0n) is 21.8. The van der Waals surface area contributed by atoms with Crippen molar-refractivity contribution in [1.82, 2.24) is 20.0 Å². The first-order valence-corrected chi connectivity index (χ1v) is 14.0. The summed E-state index contributed by atoms with van der Waals surface area (Å²) < 4.78 is 15.3. The van der Waals surface area contributed by atoms with Crippen LogP contribution >= 0.6 is 23.2 Å². The van der Waals surface area contributed by atoms with Gasteiger partial charge in [0.25, 0.3) is 5.91 Å². The number of hydrogen-bond donors (Lipinski definition) is 1. The number of carbonyl (C=O) groups is 4. The third kappa shape index (κ3) is 5.15. The van der Waals surface area contributed by atoms with Crippen LogP contribution in [0.3, 0.4) is 0 Å². The highest BCUT2D eigenvalue weighted by molar-refractivity contribution is 6.30. The number of carbonyl (C=O) groups excluding carboxylic acids is 4. The molecule has 2 fully saturated rings. The number of benzene rings is 3. The summed E-state index contributed by atoms with van der Waals surface area (Å²) in [6.45, 7) is 0.954. The molecule has 0 aliphatic carbocycles. The van der Waals surface area contributed by atoms with Gasteiger partial charge in [-0.05, 0) is 59.5 Å². The highest BCUT2D eigenvalue weighted by atomic mass is 35.5. The van der Waals surface area contributed by atoms with Crippen molar-refractivity contribution in [2.75, 3.05) is 13.1 Å². The molecule has 210 valence electrons. The topological polar surface area (TPSA) is 90.0 Å². The zero-order chi connectivity index (χ0) is 28.8. The van der Waals surface area contributed by atoms with E-state index in [-0.39, 0.29) is 49.0 Å². The monoisotopic (exact) mass is 594 g/mol. The fourth-order valence-electron chi connectivity index (χ4n) is 5.80. The molecule has 0 aromatic heterocycles. The number of piperidine rings is 1. The maximum Gasteiger partial charge on any atom is 0.321 e. The van der Waals surface area contributed by atoms with Crippen LogP contribution in [0, 0.1) is 5.82 Å². The van der Waals surface area contributed by atoms with Crippen LogP contribution in [-0.2, 0) is 22.7 Å². The molecular formula is C30H25Cl2FN4O4. The number of hydrogen-bond acceptors (Lipinski definition) is 4. The van der Waals surface area contributed by atoms with E-state index in [4.69, 9.17) is 23.2 Å². The fourth-order valence-corrected chi connectivity index (χ4v) is 6.05. The number of nitrogens with zero attached hydrogens (tertiary/aromatic N) is 3. The molecule has 1 N–H and O–H groups in total. The molecule has 0 saturated carbocycles. The summed E-state index contributed by atoms with van der Waals surface area (Å²) >= 11 is 12.2. The van der Waals surface area contributed by atoms with Gasteiger partial charge in [-0.3, -0.25) is 19.7 Å². The van der Waals surface area contributed by atoms with Crippen molar-refractivity contribution in [3.8, 4) is 0 Å². The van der Waals surface area contributed by atoms with E-state index in [9.17, 15) is 19.2 Å². The van der Waals surface area contributed by atoms with Crippen LogP contribution in [0.5, 0.6) is 0 Å². The van der Waals surface area contributed by atoms with Crippen LogP contribution in [0.4, 0.5) is 9.18 Å². The van der Waals surface area contributed by atoms with Gasteiger partial charge in [0.05, 0.1) is 12.6 Å². The van der Waals surface area contributed by atoms with Gasteiger partial charge in [0.1, 0.15) is 11.9 Å². The minimum absolute atomic E-state index is 0.0228. The lowest BCUT2D eigenvalue weighted by atomic mass is 9.97. The van der Waals surface area contributed by atoms with Crippen molar-refractivity contribution >= 4 is 47.0 Å². The highest BCUT2D eigenvalue weighted by Crippen LogP contribution is 2.35. The number of nitrogens with one attached hydrogen (secondary N) is 1. The first-order valence-electron chi connectivity index (χ1n) is 13.2. The van der Waals surface area contributed by atoms with E-state index in [0.29, 0.717) is 28.7 Å². The van der Waals surface area contributed by atoms with Crippen LogP contribution in [0.25, 0.3) is 0 Å². The normalized spacial score (nSPS) is 18.9. The molecule has 0 spiro atoms. The molecule has 5 amide bonds. The average Bonchev–Trinajstić information content (AvgIpc) is 3.45. The molecule has 2 saturated heterocycles. The molecule has 3 aromatic rings. The molecule has 1 atom stereocenters. The minimum Gasteiger partial charge on any atom is -0.322 e. The predicted molar refractivity (Wildman–Crippen MR) is 150 cm³/mol. The van der Waals surface area contributed by atoms with E-state index in [1.165, 1.54) is 11.0 Å². The Morgan fingerprint density at radius 3 is 2.15 bits per heavy atom. The van der Waals surface area contributed by atoms with Gasteiger partial charge >= 0.3 is 6.03 Å². The van der Waals surface area contributed by atoms with Crippen molar-refractivity contribution in [2.24, 2.45) is 0 Å². The van der Waals surface area contributed by atoms with E-state index < -0.39 is 29.7 Å². The third-order valence-corrected chi connectivity index (χ3v) is 8.37. The lowest BCUT2D eigenvalue weighted by molar-refractivity contribution is -0.136. The van der Waals surface area contributed by atoms with Gasteiger partial charge < -0.3 is 14.7 Å². The maximum atomic E-state index is 15.3. The molecule has 0 radical (unpaired) electrons. The Morgan fingerprint density at radius 2 is 1.54 bits per heavy atom. The van der Waals surface area contributed by atoms with E-state index in [0.717, 1.165) is 11.1 Å². The molecule has 3 heterocycles. The summed E-state index contributed by atoms with van der Waals surface area (Å²) in [5, 5.41) is 3.43. The fraction of sp³-hybridized carbons (Fsp3) is 0.267. The lowest BCUT2D eigenvalue weighted by Gasteiger charge is -2.29. The molecule has 3 aliphatic rings. The van der Waals surface area contributed by atoms with Crippen LogP contribution in [0.1, 0.15) is 51.5 Å².